The first kappa shape index (κ1) is 19.3. The number of benzene rings is 1. The van der Waals surface area contributed by atoms with Crippen molar-refractivity contribution in [3.63, 3.8) is 0 Å². The van der Waals surface area contributed by atoms with Gasteiger partial charge in [0.25, 0.3) is 0 Å². The Hall–Kier alpha value is -0.990. The van der Waals surface area contributed by atoms with Crippen LogP contribution in [0, 0.1) is 0 Å². The average Bonchev–Trinajstić information content (AvgIpc) is 2.84. The van der Waals surface area contributed by atoms with E-state index in [9.17, 15) is 18.0 Å². The quantitative estimate of drug-likeness (QED) is 0.588. The standard InChI is InChI=1S/C16H16BrF3O3S/c1-2-3-4-9-5-11(23-8-24)10-6-12(22-7-16(18,19)20)15(21)13(10)14(9)17/h5,8,12H,2-4,6-7H2,1H3. The summed E-state index contributed by atoms with van der Waals surface area (Å²) in [5.74, 6) is -0.0607. The van der Waals surface area contributed by atoms with E-state index in [1.54, 1.807) is 6.07 Å². The van der Waals surface area contributed by atoms with Crippen LogP contribution in [0.25, 0.3) is 0 Å². The SMILES string of the molecule is CCCCc1cc(OC=S)c2c(c1Br)C(=O)C(OCC(F)(F)F)C2. The Balaban J connectivity index is 2.35. The molecule has 0 N–H and O–H groups in total. The van der Waals surface area contributed by atoms with E-state index in [4.69, 9.17) is 21.7 Å². The fraction of sp³-hybridized carbons (Fsp3) is 0.500. The van der Waals surface area contributed by atoms with Crippen LogP contribution in [-0.4, -0.2) is 30.2 Å². The third-order valence-corrected chi connectivity index (χ3v) is 4.76. The Morgan fingerprint density at radius 2 is 2.17 bits per heavy atom. The summed E-state index contributed by atoms with van der Waals surface area (Å²) in [4.78, 5) is 12.5. The van der Waals surface area contributed by atoms with Gasteiger partial charge in [0.05, 0.1) is 0 Å². The third kappa shape index (κ3) is 4.34. The van der Waals surface area contributed by atoms with Crippen LogP contribution < -0.4 is 4.74 Å². The van der Waals surface area contributed by atoms with Crippen LogP contribution in [0.5, 0.6) is 5.75 Å². The van der Waals surface area contributed by atoms with Gasteiger partial charge >= 0.3 is 6.18 Å². The smallest absolute Gasteiger partial charge is 0.411 e. The Morgan fingerprint density at radius 1 is 1.46 bits per heavy atom. The van der Waals surface area contributed by atoms with Crippen molar-refractivity contribution in [2.24, 2.45) is 0 Å². The predicted molar refractivity (Wildman–Crippen MR) is 90.9 cm³/mol. The first-order valence-electron chi connectivity index (χ1n) is 7.45. The van der Waals surface area contributed by atoms with Gasteiger partial charge in [0.1, 0.15) is 18.5 Å². The van der Waals surface area contributed by atoms with Crippen molar-refractivity contribution in [1.82, 2.24) is 0 Å². The Kier molecular flexibility index (Phi) is 6.39. The lowest BCUT2D eigenvalue weighted by molar-refractivity contribution is -0.179. The van der Waals surface area contributed by atoms with Crippen LogP contribution in [0.15, 0.2) is 10.5 Å². The molecule has 1 unspecified atom stereocenters. The molecule has 0 heterocycles. The molecule has 1 aliphatic carbocycles. The number of Topliss-reactive ketones (excluding diaryl/α,β-unsaturated/α-hetero) is 1. The minimum atomic E-state index is -4.48. The summed E-state index contributed by atoms with van der Waals surface area (Å²) in [6.45, 7) is 0.586. The zero-order valence-electron chi connectivity index (χ0n) is 12.9. The largest absolute Gasteiger partial charge is 0.453 e. The molecule has 3 nitrogen and oxygen atoms in total. The van der Waals surface area contributed by atoms with Crippen LogP contribution in [0.2, 0.25) is 0 Å². The molecule has 0 amide bonds. The summed E-state index contributed by atoms with van der Waals surface area (Å²) in [6, 6.07) is 1.78. The first-order valence-corrected chi connectivity index (χ1v) is 8.72. The molecule has 0 bridgehead atoms. The number of ketones is 1. The lowest BCUT2D eigenvalue weighted by Crippen LogP contribution is -2.27. The lowest BCUT2D eigenvalue weighted by Gasteiger charge is -2.12. The minimum Gasteiger partial charge on any atom is -0.453 e. The molecule has 2 rings (SSSR count). The molecule has 1 atom stereocenters. The molecule has 0 spiro atoms. The maximum atomic E-state index is 12.5. The Labute approximate surface area is 151 Å². The average molecular weight is 425 g/mol. The molecule has 0 aliphatic heterocycles. The molecule has 1 aliphatic rings. The van der Waals surface area contributed by atoms with Crippen molar-refractivity contribution in [1.29, 1.82) is 0 Å². The van der Waals surface area contributed by atoms with Crippen LogP contribution in [0.4, 0.5) is 13.2 Å². The Morgan fingerprint density at radius 3 is 2.75 bits per heavy atom. The number of halogens is 4. The van der Waals surface area contributed by atoms with Crippen molar-refractivity contribution in [2.45, 2.75) is 44.9 Å². The molecule has 0 fully saturated rings. The maximum absolute atomic E-state index is 12.5. The van der Waals surface area contributed by atoms with E-state index in [0.717, 1.165) is 30.4 Å². The number of unbranched alkanes of at least 4 members (excludes halogenated alkanes) is 1. The number of alkyl halides is 3. The van der Waals surface area contributed by atoms with Gasteiger partial charge in [-0.2, -0.15) is 13.2 Å². The summed E-state index contributed by atoms with van der Waals surface area (Å²) in [7, 11) is 0. The van der Waals surface area contributed by atoms with E-state index in [1.165, 1.54) is 0 Å². The third-order valence-electron chi connectivity index (χ3n) is 3.76. The van der Waals surface area contributed by atoms with Crippen molar-refractivity contribution < 1.29 is 27.4 Å². The zero-order chi connectivity index (χ0) is 17.9. The number of hydrogen-bond donors (Lipinski definition) is 0. The Bertz CT molecular complexity index is 646. The highest BCUT2D eigenvalue weighted by molar-refractivity contribution is 9.10. The molecule has 132 valence electrons. The molecule has 0 radical (unpaired) electrons. The van der Waals surface area contributed by atoms with E-state index in [2.05, 4.69) is 15.9 Å². The summed E-state index contributed by atoms with van der Waals surface area (Å²) in [5, 5.41) is 0. The van der Waals surface area contributed by atoms with E-state index in [-0.39, 0.29) is 6.42 Å². The fourth-order valence-electron chi connectivity index (χ4n) is 2.66. The topological polar surface area (TPSA) is 35.5 Å². The number of carbonyl (C=O) groups excluding carboxylic acids is 1. The van der Waals surface area contributed by atoms with Crippen molar-refractivity contribution in [2.75, 3.05) is 6.61 Å². The molecule has 1 aromatic carbocycles. The molecular weight excluding hydrogens is 409 g/mol. The monoisotopic (exact) mass is 424 g/mol. The van der Waals surface area contributed by atoms with Gasteiger partial charge in [-0.15, -0.1) is 0 Å². The molecule has 0 saturated carbocycles. The summed E-state index contributed by atoms with van der Waals surface area (Å²) >= 11 is 8.12. The molecular formula is C16H16BrF3O3S. The molecule has 8 heteroatoms. The normalized spacial score (nSPS) is 17.0. The highest BCUT2D eigenvalue weighted by atomic mass is 79.9. The van der Waals surface area contributed by atoms with Crippen molar-refractivity contribution in [3.8, 4) is 5.75 Å². The van der Waals surface area contributed by atoms with E-state index >= 15 is 0 Å². The number of hydrogen-bond acceptors (Lipinski definition) is 4. The second-order valence-electron chi connectivity index (χ2n) is 5.50. The first-order chi connectivity index (χ1) is 11.3. The van der Waals surface area contributed by atoms with Crippen LogP contribution in [0.3, 0.4) is 0 Å². The van der Waals surface area contributed by atoms with Gasteiger partial charge < -0.3 is 9.47 Å². The molecule has 0 aromatic heterocycles. The summed E-state index contributed by atoms with van der Waals surface area (Å²) in [6.07, 6.45) is -3.00. The lowest BCUT2D eigenvalue weighted by atomic mass is 10.0. The summed E-state index contributed by atoms with van der Waals surface area (Å²) < 4.78 is 47.8. The van der Waals surface area contributed by atoms with Gasteiger partial charge in [-0.3, -0.25) is 4.79 Å². The number of aryl methyl sites for hydroxylation is 1. The summed E-state index contributed by atoms with van der Waals surface area (Å²) in [5.41, 5.74) is 2.80. The van der Waals surface area contributed by atoms with Gasteiger partial charge in [0.15, 0.2) is 11.3 Å². The molecule has 1 aromatic rings. The minimum absolute atomic E-state index is 0.0371. The second-order valence-corrected chi connectivity index (χ2v) is 6.49. The van der Waals surface area contributed by atoms with E-state index in [1.807, 2.05) is 6.92 Å². The number of ether oxygens (including phenoxy) is 2. The van der Waals surface area contributed by atoms with Gasteiger partial charge in [-0.1, -0.05) is 13.3 Å². The van der Waals surface area contributed by atoms with Gasteiger partial charge in [-0.25, -0.2) is 0 Å². The van der Waals surface area contributed by atoms with E-state index < -0.39 is 24.7 Å². The van der Waals surface area contributed by atoms with Crippen molar-refractivity contribution in [3.05, 3.63) is 27.2 Å². The maximum Gasteiger partial charge on any atom is 0.411 e. The second kappa shape index (κ2) is 7.93. The van der Waals surface area contributed by atoms with Gasteiger partial charge in [0.2, 0.25) is 0 Å². The van der Waals surface area contributed by atoms with Gasteiger partial charge in [-0.05, 0) is 52.6 Å². The van der Waals surface area contributed by atoms with Crippen LogP contribution in [-0.2, 0) is 17.6 Å². The number of fused-ring (bicyclic) bond motifs is 1. The predicted octanol–water partition coefficient (Wildman–Crippen LogP) is 4.81. The van der Waals surface area contributed by atoms with Crippen molar-refractivity contribution >= 4 is 39.5 Å². The van der Waals surface area contributed by atoms with Crippen LogP contribution >= 0.6 is 28.1 Å². The highest BCUT2D eigenvalue weighted by Gasteiger charge is 2.39. The number of rotatable bonds is 7. The number of carbonyl (C=O) groups is 1. The van der Waals surface area contributed by atoms with Gasteiger partial charge in [0, 0.05) is 22.0 Å². The molecule has 0 saturated heterocycles. The zero-order valence-corrected chi connectivity index (χ0v) is 15.3. The molecule has 24 heavy (non-hydrogen) atoms. The number of thiocarbonyl (C=S) groups is 1. The fourth-order valence-corrected chi connectivity index (χ4v) is 3.51. The van der Waals surface area contributed by atoms with Crippen LogP contribution in [0.1, 0.15) is 41.3 Å². The highest BCUT2D eigenvalue weighted by Crippen LogP contribution is 2.40. The van der Waals surface area contributed by atoms with E-state index in [0.29, 0.717) is 21.3 Å².